The molecule has 0 fully saturated rings. The van der Waals surface area contributed by atoms with Crippen LogP contribution < -0.4 is 10.2 Å². The average molecular weight is 519 g/mol. The van der Waals surface area contributed by atoms with E-state index in [0.29, 0.717) is 19.5 Å². The highest BCUT2D eigenvalue weighted by molar-refractivity contribution is 7.99. The maximum atomic E-state index is 13.1. The summed E-state index contributed by atoms with van der Waals surface area (Å²) in [5.41, 5.74) is 2.78. The molecule has 37 heavy (non-hydrogen) atoms. The van der Waals surface area contributed by atoms with Gasteiger partial charge in [0.15, 0.2) is 0 Å². The van der Waals surface area contributed by atoms with Crippen molar-refractivity contribution in [2.75, 3.05) is 11.4 Å². The summed E-state index contributed by atoms with van der Waals surface area (Å²) < 4.78 is 0. The summed E-state index contributed by atoms with van der Waals surface area (Å²) in [6, 6.07) is 25.7. The number of nitrogens with zero attached hydrogens (tertiary/aromatic N) is 1. The molecule has 3 aromatic carbocycles. The molecule has 0 aliphatic carbocycles. The van der Waals surface area contributed by atoms with Crippen molar-refractivity contribution in [2.24, 2.45) is 0 Å². The lowest BCUT2D eigenvalue weighted by molar-refractivity contribution is -0.138. The second-order valence-corrected chi connectivity index (χ2v) is 10.3. The van der Waals surface area contributed by atoms with Gasteiger partial charge in [-0.2, -0.15) is 0 Å². The van der Waals surface area contributed by atoms with Crippen LogP contribution in [0.15, 0.2) is 88.7 Å². The van der Waals surface area contributed by atoms with E-state index in [1.165, 1.54) is 19.3 Å². The highest BCUT2D eigenvalue weighted by Gasteiger charge is 2.18. The molecular weight excluding hydrogens is 480 g/mol. The molecule has 196 valence electrons. The average Bonchev–Trinajstić information content (AvgIpc) is 2.92. The van der Waals surface area contributed by atoms with Crippen LogP contribution in [0, 0.1) is 0 Å². The molecule has 2 N–H and O–H groups in total. The summed E-state index contributed by atoms with van der Waals surface area (Å²) in [6.45, 7) is 5.27. The number of carboxylic acids is 1. The third-order valence-corrected chi connectivity index (χ3v) is 7.41. The van der Waals surface area contributed by atoms with Crippen LogP contribution in [0.5, 0.6) is 0 Å². The number of benzene rings is 3. The van der Waals surface area contributed by atoms with Crippen LogP contribution in [-0.4, -0.2) is 23.7 Å². The van der Waals surface area contributed by atoms with Crippen LogP contribution in [0.3, 0.4) is 0 Å². The molecule has 1 unspecified atom stereocenters. The molecule has 1 atom stereocenters. The van der Waals surface area contributed by atoms with E-state index in [1.807, 2.05) is 90.7 Å². The second-order valence-electron chi connectivity index (χ2n) is 9.17. The molecular formula is C31H38N2O3S. The predicted octanol–water partition coefficient (Wildman–Crippen LogP) is 8.10. The van der Waals surface area contributed by atoms with Crippen molar-refractivity contribution in [3.05, 3.63) is 90.0 Å². The van der Waals surface area contributed by atoms with Gasteiger partial charge in [0, 0.05) is 28.6 Å². The van der Waals surface area contributed by atoms with Crippen molar-refractivity contribution in [2.45, 2.75) is 74.6 Å². The standard InChI is InChI=1S/C31H38N2O3S/c1-3-5-6-7-11-22-33(31(36)32-23-24-12-9-8-10-13-24)26-16-20-28(21-17-26)37-27-18-14-25(15-19-27)29(4-2)30(34)35/h8-10,12-21,29H,3-7,11,22-23H2,1-2H3,(H,32,36)(H,34,35). The van der Waals surface area contributed by atoms with E-state index in [0.717, 1.165) is 39.4 Å². The van der Waals surface area contributed by atoms with Crippen LogP contribution in [0.1, 0.15) is 69.4 Å². The molecule has 0 aromatic heterocycles. The number of anilines is 1. The van der Waals surface area contributed by atoms with Crippen LogP contribution >= 0.6 is 11.8 Å². The zero-order valence-electron chi connectivity index (χ0n) is 21.9. The predicted molar refractivity (Wildman–Crippen MR) is 152 cm³/mol. The van der Waals surface area contributed by atoms with E-state index < -0.39 is 11.9 Å². The maximum absolute atomic E-state index is 13.1. The third kappa shape index (κ3) is 8.97. The minimum atomic E-state index is -0.791. The van der Waals surface area contributed by atoms with E-state index in [9.17, 15) is 14.7 Å². The van der Waals surface area contributed by atoms with Gasteiger partial charge in [0.05, 0.1) is 5.92 Å². The summed E-state index contributed by atoms with van der Waals surface area (Å²) >= 11 is 1.62. The summed E-state index contributed by atoms with van der Waals surface area (Å²) in [5, 5.41) is 12.5. The van der Waals surface area contributed by atoms with Crippen molar-refractivity contribution in [1.82, 2.24) is 5.32 Å². The van der Waals surface area contributed by atoms with Crippen LogP contribution in [0.4, 0.5) is 10.5 Å². The Balaban J connectivity index is 1.66. The lowest BCUT2D eigenvalue weighted by atomic mass is 9.97. The molecule has 0 aliphatic heterocycles. The van der Waals surface area contributed by atoms with Gasteiger partial charge in [-0.15, -0.1) is 0 Å². The first kappa shape index (κ1) is 28.3. The van der Waals surface area contributed by atoms with Crippen LogP contribution in [0.2, 0.25) is 0 Å². The smallest absolute Gasteiger partial charge is 0.322 e. The molecule has 2 amide bonds. The second kappa shape index (κ2) is 15.1. The van der Waals surface area contributed by atoms with Gasteiger partial charge in [0.25, 0.3) is 0 Å². The first-order valence-corrected chi connectivity index (χ1v) is 14.0. The molecule has 0 radical (unpaired) electrons. The van der Waals surface area contributed by atoms with Gasteiger partial charge in [0.1, 0.15) is 0 Å². The van der Waals surface area contributed by atoms with E-state index in [4.69, 9.17) is 0 Å². The fourth-order valence-corrected chi connectivity index (χ4v) is 5.06. The molecule has 6 heteroatoms. The molecule has 3 aromatic rings. The van der Waals surface area contributed by atoms with E-state index in [1.54, 1.807) is 11.8 Å². The number of urea groups is 1. The monoisotopic (exact) mass is 518 g/mol. The Morgan fingerprint density at radius 2 is 1.46 bits per heavy atom. The van der Waals surface area contributed by atoms with Gasteiger partial charge < -0.3 is 10.4 Å². The van der Waals surface area contributed by atoms with Gasteiger partial charge in [-0.1, -0.05) is 93.8 Å². The Hall–Kier alpha value is -3.25. The molecule has 0 aliphatic rings. The fraction of sp³-hybridized carbons (Fsp3) is 0.355. The number of carboxylic acid groups (broad SMARTS) is 1. The summed E-state index contributed by atoms with van der Waals surface area (Å²) in [6.07, 6.45) is 6.26. The van der Waals surface area contributed by atoms with Gasteiger partial charge in [0.2, 0.25) is 0 Å². The first-order chi connectivity index (χ1) is 18.0. The maximum Gasteiger partial charge on any atom is 0.322 e. The molecule has 5 nitrogen and oxygen atoms in total. The normalized spacial score (nSPS) is 11.6. The Bertz CT molecular complexity index is 1100. The van der Waals surface area contributed by atoms with E-state index in [2.05, 4.69) is 12.2 Å². The van der Waals surface area contributed by atoms with Gasteiger partial charge >= 0.3 is 12.0 Å². The fourth-order valence-electron chi connectivity index (χ4n) is 4.24. The summed E-state index contributed by atoms with van der Waals surface area (Å²) in [7, 11) is 0. The minimum Gasteiger partial charge on any atom is -0.481 e. The van der Waals surface area contributed by atoms with Gasteiger partial charge in [-0.25, -0.2) is 4.79 Å². The van der Waals surface area contributed by atoms with E-state index >= 15 is 0 Å². The Morgan fingerprint density at radius 3 is 2.05 bits per heavy atom. The van der Waals surface area contributed by atoms with Gasteiger partial charge in [-0.05, 0) is 60.4 Å². The Kier molecular flexibility index (Phi) is 11.6. The number of carbonyl (C=O) groups excluding carboxylic acids is 1. The number of hydrogen-bond acceptors (Lipinski definition) is 3. The first-order valence-electron chi connectivity index (χ1n) is 13.2. The zero-order chi connectivity index (χ0) is 26.5. The molecule has 0 saturated carbocycles. The number of unbranched alkanes of at least 4 members (excludes halogenated alkanes) is 4. The number of amides is 2. The zero-order valence-corrected chi connectivity index (χ0v) is 22.7. The quantitative estimate of drug-likeness (QED) is 0.212. The molecule has 0 bridgehead atoms. The van der Waals surface area contributed by atoms with E-state index in [-0.39, 0.29) is 6.03 Å². The van der Waals surface area contributed by atoms with Crippen molar-refractivity contribution in [3.8, 4) is 0 Å². The summed E-state index contributed by atoms with van der Waals surface area (Å²) in [4.78, 5) is 28.5. The SMILES string of the molecule is CCCCCCCN(C(=O)NCc1ccccc1)c1ccc(Sc2ccc(C(CC)C(=O)O)cc2)cc1. The van der Waals surface area contributed by atoms with Crippen molar-refractivity contribution >= 4 is 29.4 Å². The van der Waals surface area contributed by atoms with Crippen molar-refractivity contribution in [1.29, 1.82) is 0 Å². The van der Waals surface area contributed by atoms with Crippen molar-refractivity contribution in [3.63, 3.8) is 0 Å². The molecule has 0 saturated heterocycles. The number of hydrogen-bond donors (Lipinski definition) is 2. The highest BCUT2D eigenvalue weighted by atomic mass is 32.2. The summed E-state index contributed by atoms with van der Waals surface area (Å²) in [5.74, 6) is -1.26. The highest BCUT2D eigenvalue weighted by Crippen LogP contribution is 2.31. The van der Waals surface area contributed by atoms with Gasteiger partial charge in [-0.3, -0.25) is 9.69 Å². The lowest BCUT2D eigenvalue weighted by Crippen LogP contribution is -2.40. The Morgan fingerprint density at radius 1 is 0.838 bits per heavy atom. The molecule has 0 spiro atoms. The Labute approximate surface area is 225 Å². The number of rotatable bonds is 14. The minimum absolute atomic E-state index is 0.0840. The van der Waals surface area contributed by atoms with Crippen LogP contribution in [0.25, 0.3) is 0 Å². The number of nitrogens with one attached hydrogen (secondary N) is 1. The lowest BCUT2D eigenvalue weighted by Gasteiger charge is -2.24. The van der Waals surface area contributed by atoms with Crippen molar-refractivity contribution < 1.29 is 14.7 Å². The topological polar surface area (TPSA) is 69.6 Å². The third-order valence-electron chi connectivity index (χ3n) is 6.39. The number of carbonyl (C=O) groups is 2. The molecule has 3 rings (SSSR count). The largest absolute Gasteiger partial charge is 0.481 e. The number of aliphatic carboxylic acids is 1. The van der Waals surface area contributed by atoms with Crippen LogP contribution in [-0.2, 0) is 11.3 Å². The molecule has 0 heterocycles.